The summed E-state index contributed by atoms with van der Waals surface area (Å²) < 4.78 is 0. The third-order valence-corrected chi connectivity index (χ3v) is 3.35. The summed E-state index contributed by atoms with van der Waals surface area (Å²) in [5.74, 6) is -0.255. The normalized spacial score (nSPS) is 10.4. The van der Waals surface area contributed by atoms with Gasteiger partial charge in [0.1, 0.15) is 0 Å². The molecule has 104 valence electrons. The highest BCUT2D eigenvalue weighted by Crippen LogP contribution is 2.13. The highest BCUT2D eigenvalue weighted by Gasteiger charge is 2.00. The summed E-state index contributed by atoms with van der Waals surface area (Å²) in [7, 11) is 0. The van der Waals surface area contributed by atoms with Gasteiger partial charge >= 0.3 is 0 Å². The SMILES string of the molecule is NCc1ccc(Cc2ccc(CCC(N)=O)cc2)cc1. The standard InChI is InChI=1S/C17H20N2O/c18-12-16-7-5-15(6-8-16)11-14-3-1-13(2-4-14)9-10-17(19)20/h1-8H,9-12,18H2,(H2,19,20). The first-order chi connectivity index (χ1) is 9.67. The van der Waals surface area contributed by atoms with Crippen molar-refractivity contribution in [2.45, 2.75) is 25.8 Å². The van der Waals surface area contributed by atoms with E-state index in [1.807, 2.05) is 0 Å². The van der Waals surface area contributed by atoms with Crippen molar-refractivity contribution in [3.8, 4) is 0 Å². The van der Waals surface area contributed by atoms with E-state index in [4.69, 9.17) is 11.5 Å². The molecule has 0 aliphatic rings. The van der Waals surface area contributed by atoms with Crippen LogP contribution in [0.4, 0.5) is 0 Å². The van der Waals surface area contributed by atoms with Gasteiger partial charge in [-0.05, 0) is 35.1 Å². The van der Waals surface area contributed by atoms with Gasteiger partial charge in [-0.3, -0.25) is 4.79 Å². The van der Waals surface area contributed by atoms with E-state index in [1.54, 1.807) is 0 Å². The molecule has 0 saturated carbocycles. The first-order valence-corrected chi connectivity index (χ1v) is 6.81. The molecule has 0 aromatic heterocycles. The van der Waals surface area contributed by atoms with Gasteiger partial charge in [0, 0.05) is 13.0 Å². The quantitative estimate of drug-likeness (QED) is 0.843. The van der Waals surface area contributed by atoms with Crippen molar-refractivity contribution in [1.29, 1.82) is 0 Å². The molecule has 3 nitrogen and oxygen atoms in total. The van der Waals surface area contributed by atoms with Crippen molar-refractivity contribution in [3.05, 3.63) is 70.8 Å². The Morgan fingerprint density at radius 2 is 1.25 bits per heavy atom. The van der Waals surface area contributed by atoms with Crippen molar-refractivity contribution >= 4 is 5.91 Å². The first kappa shape index (κ1) is 14.3. The summed E-state index contributed by atoms with van der Waals surface area (Å²) in [4.78, 5) is 10.7. The van der Waals surface area contributed by atoms with Crippen molar-refractivity contribution in [2.24, 2.45) is 11.5 Å². The van der Waals surface area contributed by atoms with Gasteiger partial charge in [-0.15, -0.1) is 0 Å². The first-order valence-electron chi connectivity index (χ1n) is 6.81. The lowest BCUT2D eigenvalue weighted by molar-refractivity contribution is -0.117. The Morgan fingerprint density at radius 3 is 1.70 bits per heavy atom. The molecule has 0 heterocycles. The smallest absolute Gasteiger partial charge is 0.217 e. The molecule has 0 aliphatic heterocycles. The van der Waals surface area contributed by atoms with Crippen LogP contribution in [-0.4, -0.2) is 5.91 Å². The van der Waals surface area contributed by atoms with E-state index in [9.17, 15) is 4.79 Å². The Kier molecular flexibility index (Phi) is 4.91. The molecule has 0 unspecified atom stereocenters. The Labute approximate surface area is 119 Å². The van der Waals surface area contributed by atoms with Crippen LogP contribution >= 0.6 is 0 Å². The number of hydrogen-bond acceptors (Lipinski definition) is 2. The maximum atomic E-state index is 10.7. The highest BCUT2D eigenvalue weighted by atomic mass is 16.1. The van der Waals surface area contributed by atoms with Crippen LogP contribution in [0.3, 0.4) is 0 Å². The minimum absolute atomic E-state index is 0.255. The molecular formula is C17H20N2O. The highest BCUT2D eigenvalue weighted by molar-refractivity contribution is 5.73. The van der Waals surface area contributed by atoms with E-state index in [2.05, 4.69) is 48.5 Å². The average Bonchev–Trinajstić information content (AvgIpc) is 2.47. The number of carbonyl (C=O) groups is 1. The summed E-state index contributed by atoms with van der Waals surface area (Å²) in [6.45, 7) is 0.578. The van der Waals surface area contributed by atoms with Crippen molar-refractivity contribution < 1.29 is 4.79 Å². The van der Waals surface area contributed by atoms with Gasteiger partial charge in [-0.1, -0.05) is 48.5 Å². The number of amides is 1. The van der Waals surface area contributed by atoms with Gasteiger partial charge in [0.15, 0.2) is 0 Å². The Morgan fingerprint density at radius 1 is 0.800 bits per heavy atom. The second-order valence-corrected chi connectivity index (χ2v) is 4.98. The predicted octanol–water partition coefficient (Wildman–Crippen LogP) is 2.15. The molecule has 4 N–H and O–H groups in total. The molecule has 0 atom stereocenters. The second-order valence-electron chi connectivity index (χ2n) is 4.98. The second kappa shape index (κ2) is 6.87. The molecule has 0 aliphatic carbocycles. The zero-order chi connectivity index (χ0) is 14.4. The topological polar surface area (TPSA) is 69.1 Å². The molecular weight excluding hydrogens is 248 g/mol. The van der Waals surface area contributed by atoms with Crippen LogP contribution in [0.25, 0.3) is 0 Å². The lowest BCUT2D eigenvalue weighted by atomic mass is 10.0. The Hall–Kier alpha value is -2.13. The van der Waals surface area contributed by atoms with Crippen molar-refractivity contribution in [2.75, 3.05) is 0 Å². The summed E-state index contributed by atoms with van der Waals surface area (Å²) >= 11 is 0. The fourth-order valence-electron chi connectivity index (χ4n) is 2.12. The van der Waals surface area contributed by atoms with Crippen LogP contribution < -0.4 is 11.5 Å². The van der Waals surface area contributed by atoms with E-state index < -0.39 is 0 Å². The van der Waals surface area contributed by atoms with Gasteiger partial charge in [0.05, 0.1) is 0 Å². The molecule has 0 spiro atoms. The molecule has 2 aromatic carbocycles. The largest absolute Gasteiger partial charge is 0.370 e. The number of benzene rings is 2. The zero-order valence-corrected chi connectivity index (χ0v) is 11.5. The van der Waals surface area contributed by atoms with Crippen LogP contribution in [0.15, 0.2) is 48.5 Å². The molecule has 1 amide bonds. The van der Waals surface area contributed by atoms with Crippen LogP contribution in [0, 0.1) is 0 Å². The van der Waals surface area contributed by atoms with Crippen molar-refractivity contribution in [3.63, 3.8) is 0 Å². The molecule has 3 heteroatoms. The van der Waals surface area contributed by atoms with Gasteiger partial charge in [-0.2, -0.15) is 0 Å². The van der Waals surface area contributed by atoms with Crippen LogP contribution in [0.1, 0.15) is 28.7 Å². The van der Waals surface area contributed by atoms with E-state index in [0.717, 1.165) is 17.5 Å². The minimum Gasteiger partial charge on any atom is -0.370 e. The fourth-order valence-corrected chi connectivity index (χ4v) is 2.12. The van der Waals surface area contributed by atoms with Gasteiger partial charge in [0.25, 0.3) is 0 Å². The number of carbonyl (C=O) groups excluding carboxylic acids is 1. The fraction of sp³-hybridized carbons (Fsp3) is 0.235. The maximum absolute atomic E-state index is 10.7. The van der Waals surface area contributed by atoms with Crippen LogP contribution in [0.2, 0.25) is 0 Å². The lowest BCUT2D eigenvalue weighted by Gasteiger charge is -2.05. The van der Waals surface area contributed by atoms with Crippen molar-refractivity contribution in [1.82, 2.24) is 0 Å². The third-order valence-electron chi connectivity index (χ3n) is 3.35. The third kappa shape index (κ3) is 4.21. The molecule has 0 saturated heterocycles. The maximum Gasteiger partial charge on any atom is 0.217 e. The van der Waals surface area contributed by atoms with E-state index in [0.29, 0.717) is 19.4 Å². The number of hydrogen-bond donors (Lipinski definition) is 2. The summed E-state index contributed by atoms with van der Waals surface area (Å²) in [6, 6.07) is 16.7. The predicted molar refractivity (Wildman–Crippen MR) is 81.1 cm³/mol. The van der Waals surface area contributed by atoms with Crippen LogP contribution in [-0.2, 0) is 24.2 Å². The monoisotopic (exact) mass is 268 g/mol. The van der Waals surface area contributed by atoms with Gasteiger partial charge in [-0.25, -0.2) is 0 Å². The summed E-state index contributed by atoms with van der Waals surface area (Å²) in [5.41, 5.74) is 15.6. The number of nitrogens with two attached hydrogens (primary N) is 2. The lowest BCUT2D eigenvalue weighted by Crippen LogP contribution is -2.11. The number of rotatable bonds is 6. The van der Waals surface area contributed by atoms with E-state index >= 15 is 0 Å². The van der Waals surface area contributed by atoms with E-state index in [1.165, 1.54) is 11.1 Å². The van der Waals surface area contributed by atoms with Crippen LogP contribution in [0.5, 0.6) is 0 Å². The van der Waals surface area contributed by atoms with Gasteiger partial charge in [0.2, 0.25) is 5.91 Å². The summed E-state index contributed by atoms with van der Waals surface area (Å²) in [6.07, 6.45) is 2.02. The Bertz CT molecular complexity index is 559. The molecule has 0 fully saturated rings. The number of aryl methyl sites for hydroxylation is 1. The van der Waals surface area contributed by atoms with E-state index in [-0.39, 0.29) is 5.91 Å². The zero-order valence-electron chi connectivity index (χ0n) is 11.5. The average molecular weight is 268 g/mol. The molecule has 2 rings (SSSR count). The molecule has 0 radical (unpaired) electrons. The molecule has 2 aromatic rings. The minimum atomic E-state index is -0.255. The molecule has 20 heavy (non-hydrogen) atoms. The number of primary amides is 1. The van der Waals surface area contributed by atoms with Gasteiger partial charge < -0.3 is 11.5 Å². The summed E-state index contributed by atoms with van der Waals surface area (Å²) in [5, 5.41) is 0. The molecule has 0 bridgehead atoms. The Balaban J connectivity index is 1.97.